The Morgan fingerprint density at radius 3 is 2.62 bits per heavy atom. The van der Waals surface area contributed by atoms with Gasteiger partial charge in [-0.05, 0) is 60.4 Å². The van der Waals surface area contributed by atoms with E-state index in [1.54, 1.807) is 6.07 Å². The van der Waals surface area contributed by atoms with Crippen molar-refractivity contribution in [1.82, 2.24) is 0 Å². The third-order valence-corrected chi connectivity index (χ3v) is 6.09. The van der Waals surface area contributed by atoms with Gasteiger partial charge in [0.1, 0.15) is 5.69 Å². The van der Waals surface area contributed by atoms with Gasteiger partial charge in [-0.15, -0.1) is 0 Å². The van der Waals surface area contributed by atoms with Crippen molar-refractivity contribution < 1.29 is 4.92 Å². The molecule has 2 aromatic rings. The van der Waals surface area contributed by atoms with E-state index in [1.165, 1.54) is 16.7 Å². The standard InChI is InChI=1S/C22H24N2O2/c1-4-15-8-10-16(11-9-15)21-18-7-5-6-17(18)20-14(3)13(2)12-19(24(25)26)22(20)23-21/h5-6,8-12,17-18,21,23H,4,7H2,1-3H3/t17-,18-,21-/m0/s1. The molecule has 0 saturated heterocycles. The molecule has 4 rings (SSSR count). The van der Waals surface area contributed by atoms with Crippen molar-refractivity contribution in [3.8, 4) is 0 Å². The van der Waals surface area contributed by atoms with Crippen LogP contribution in [-0.4, -0.2) is 4.92 Å². The quantitative estimate of drug-likeness (QED) is 0.446. The van der Waals surface area contributed by atoms with Crippen LogP contribution in [0.4, 0.5) is 11.4 Å². The molecule has 0 spiro atoms. The van der Waals surface area contributed by atoms with E-state index in [0.29, 0.717) is 11.6 Å². The number of hydrogen-bond acceptors (Lipinski definition) is 3. The molecule has 2 aliphatic rings. The topological polar surface area (TPSA) is 55.2 Å². The van der Waals surface area contributed by atoms with Crippen LogP contribution in [0, 0.1) is 29.9 Å². The van der Waals surface area contributed by atoms with Gasteiger partial charge >= 0.3 is 0 Å². The van der Waals surface area contributed by atoms with E-state index < -0.39 is 0 Å². The molecule has 2 aromatic carbocycles. The van der Waals surface area contributed by atoms with Crippen molar-refractivity contribution in [1.29, 1.82) is 0 Å². The Bertz CT molecular complexity index is 899. The van der Waals surface area contributed by atoms with Crippen molar-refractivity contribution in [3.05, 3.63) is 80.4 Å². The van der Waals surface area contributed by atoms with Crippen LogP contribution in [-0.2, 0) is 6.42 Å². The minimum absolute atomic E-state index is 0.0919. The highest BCUT2D eigenvalue weighted by Gasteiger charge is 2.41. The van der Waals surface area contributed by atoms with E-state index >= 15 is 0 Å². The number of rotatable bonds is 3. The Kier molecular flexibility index (Phi) is 4.06. The highest BCUT2D eigenvalue weighted by molar-refractivity contribution is 5.74. The lowest BCUT2D eigenvalue weighted by atomic mass is 9.74. The maximum Gasteiger partial charge on any atom is 0.292 e. The van der Waals surface area contributed by atoms with Crippen LogP contribution in [0.15, 0.2) is 42.5 Å². The molecule has 26 heavy (non-hydrogen) atoms. The zero-order valence-corrected chi connectivity index (χ0v) is 15.5. The molecule has 134 valence electrons. The molecule has 1 N–H and O–H groups in total. The van der Waals surface area contributed by atoms with Gasteiger partial charge in [-0.3, -0.25) is 10.1 Å². The molecule has 0 radical (unpaired) electrons. The molecule has 1 heterocycles. The fraction of sp³-hybridized carbons (Fsp3) is 0.364. The molecule has 0 bridgehead atoms. The van der Waals surface area contributed by atoms with Crippen LogP contribution < -0.4 is 5.32 Å². The highest BCUT2D eigenvalue weighted by Crippen LogP contribution is 2.53. The molecule has 3 atom stereocenters. The first-order valence-corrected chi connectivity index (χ1v) is 9.31. The van der Waals surface area contributed by atoms with E-state index in [0.717, 1.165) is 24.0 Å². The second-order valence-corrected chi connectivity index (χ2v) is 7.45. The maximum atomic E-state index is 11.7. The fourth-order valence-electron chi connectivity index (χ4n) is 4.51. The van der Waals surface area contributed by atoms with Crippen molar-refractivity contribution in [2.45, 2.75) is 45.6 Å². The van der Waals surface area contributed by atoms with Crippen LogP contribution in [0.1, 0.15) is 53.1 Å². The van der Waals surface area contributed by atoms with Crippen LogP contribution in [0.2, 0.25) is 0 Å². The lowest BCUT2D eigenvalue weighted by Crippen LogP contribution is -2.30. The second kappa shape index (κ2) is 6.27. The number of aryl methyl sites for hydroxylation is 2. The first kappa shape index (κ1) is 16.8. The number of allylic oxidation sites excluding steroid dienone is 2. The Morgan fingerprint density at radius 1 is 1.23 bits per heavy atom. The zero-order chi connectivity index (χ0) is 18.4. The average Bonchev–Trinajstić information content (AvgIpc) is 3.13. The van der Waals surface area contributed by atoms with E-state index in [2.05, 4.69) is 55.6 Å². The van der Waals surface area contributed by atoms with Gasteiger partial charge in [-0.2, -0.15) is 0 Å². The minimum atomic E-state index is -0.255. The summed E-state index contributed by atoms with van der Waals surface area (Å²) < 4.78 is 0. The molecule has 4 nitrogen and oxygen atoms in total. The van der Waals surface area contributed by atoms with E-state index in [9.17, 15) is 10.1 Å². The summed E-state index contributed by atoms with van der Waals surface area (Å²) in [5, 5.41) is 15.3. The van der Waals surface area contributed by atoms with Gasteiger partial charge < -0.3 is 5.32 Å². The summed E-state index contributed by atoms with van der Waals surface area (Å²) in [6.07, 6.45) is 6.48. The summed E-state index contributed by atoms with van der Waals surface area (Å²) in [4.78, 5) is 11.4. The second-order valence-electron chi connectivity index (χ2n) is 7.45. The minimum Gasteiger partial charge on any atom is -0.372 e. The predicted molar refractivity (Wildman–Crippen MR) is 105 cm³/mol. The zero-order valence-electron chi connectivity index (χ0n) is 15.5. The Labute approximate surface area is 154 Å². The summed E-state index contributed by atoms with van der Waals surface area (Å²) in [6, 6.07) is 10.5. The van der Waals surface area contributed by atoms with Crippen LogP contribution in [0.5, 0.6) is 0 Å². The number of benzene rings is 2. The lowest BCUT2D eigenvalue weighted by Gasteiger charge is -2.38. The maximum absolute atomic E-state index is 11.7. The SMILES string of the molecule is CCc1ccc([C@@H]2Nc3c([N+](=O)[O-])cc(C)c(C)c3[C@H]3C=CC[C@@H]32)cc1. The number of nitro benzene ring substituents is 1. The summed E-state index contributed by atoms with van der Waals surface area (Å²) >= 11 is 0. The lowest BCUT2D eigenvalue weighted by molar-refractivity contribution is -0.384. The normalized spacial score (nSPS) is 23.3. The highest BCUT2D eigenvalue weighted by atomic mass is 16.6. The van der Waals surface area contributed by atoms with Crippen LogP contribution >= 0.6 is 0 Å². The molecule has 1 aliphatic carbocycles. The number of nitrogens with one attached hydrogen (secondary N) is 1. The molecule has 0 unspecified atom stereocenters. The van der Waals surface area contributed by atoms with Gasteiger partial charge in [0, 0.05) is 12.0 Å². The summed E-state index contributed by atoms with van der Waals surface area (Å²) in [5.41, 5.74) is 6.67. The number of hydrogen-bond donors (Lipinski definition) is 1. The summed E-state index contributed by atoms with van der Waals surface area (Å²) in [7, 11) is 0. The first-order valence-electron chi connectivity index (χ1n) is 9.31. The van der Waals surface area contributed by atoms with Crippen LogP contribution in [0.25, 0.3) is 0 Å². The van der Waals surface area contributed by atoms with Gasteiger partial charge in [0.15, 0.2) is 0 Å². The average molecular weight is 348 g/mol. The molecular weight excluding hydrogens is 324 g/mol. The fourth-order valence-corrected chi connectivity index (χ4v) is 4.51. The Morgan fingerprint density at radius 2 is 1.96 bits per heavy atom. The number of fused-ring (bicyclic) bond motifs is 3. The summed E-state index contributed by atoms with van der Waals surface area (Å²) in [6.45, 7) is 6.19. The van der Waals surface area contributed by atoms with Crippen molar-refractivity contribution in [2.24, 2.45) is 5.92 Å². The van der Waals surface area contributed by atoms with Gasteiger partial charge in [-0.25, -0.2) is 0 Å². The molecule has 0 saturated carbocycles. The van der Waals surface area contributed by atoms with Crippen LogP contribution in [0.3, 0.4) is 0 Å². The molecule has 0 amide bonds. The third-order valence-electron chi connectivity index (χ3n) is 6.09. The number of nitro groups is 1. The van der Waals surface area contributed by atoms with Crippen molar-refractivity contribution in [3.63, 3.8) is 0 Å². The first-order chi connectivity index (χ1) is 12.5. The van der Waals surface area contributed by atoms with E-state index in [1.807, 2.05) is 6.92 Å². The van der Waals surface area contributed by atoms with Gasteiger partial charge in [0.2, 0.25) is 0 Å². The monoisotopic (exact) mass is 348 g/mol. The predicted octanol–water partition coefficient (Wildman–Crippen LogP) is 5.60. The Hall–Kier alpha value is -2.62. The van der Waals surface area contributed by atoms with E-state index in [-0.39, 0.29) is 22.6 Å². The summed E-state index contributed by atoms with van der Waals surface area (Å²) in [5.74, 6) is 0.635. The van der Waals surface area contributed by atoms with E-state index in [4.69, 9.17) is 0 Å². The number of anilines is 1. The molecular formula is C22H24N2O2. The smallest absolute Gasteiger partial charge is 0.292 e. The van der Waals surface area contributed by atoms with Gasteiger partial charge in [0.25, 0.3) is 5.69 Å². The Balaban J connectivity index is 1.86. The molecule has 1 aliphatic heterocycles. The van der Waals surface area contributed by atoms with Crippen molar-refractivity contribution >= 4 is 11.4 Å². The number of nitrogens with zero attached hydrogens (tertiary/aromatic N) is 1. The molecule has 4 heteroatoms. The molecule has 0 fully saturated rings. The van der Waals surface area contributed by atoms with Gasteiger partial charge in [0.05, 0.1) is 11.0 Å². The van der Waals surface area contributed by atoms with Gasteiger partial charge in [-0.1, -0.05) is 43.3 Å². The largest absolute Gasteiger partial charge is 0.372 e. The third kappa shape index (κ3) is 2.52. The van der Waals surface area contributed by atoms with Crippen molar-refractivity contribution in [2.75, 3.05) is 5.32 Å². The molecule has 0 aromatic heterocycles.